The molecule has 1 atom stereocenters. The number of anilines is 1. The van der Waals surface area contributed by atoms with Gasteiger partial charge >= 0.3 is 0 Å². The normalized spacial score (nSPS) is 17.3. The average Bonchev–Trinajstić information content (AvgIpc) is 2.88. The molecule has 2 aliphatic rings. The van der Waals surface area contributed by atoms with E-state index in [0.29, 0.717) is 16.7 Å². The maximum atomic E-state index is 11.5. The van der Waals surface area contributed by atoms with Gasteiger partial charge in [-0.05, 0) is 80.0 Å². The number of allylic oxidation sites excluding steroid dienone is 1. The number of rotatable bonds is 6. The first-order chi connectivity index (χ1) is 18.6. The van der Waals surface area contributed by atoms with Crippen molar-refractivity contribution in [1.29, 1.82) is 0 Å². The maximum absolute atomic E-state index is 11.5. The Bertz CT molecular complexity index is 1450. The van der Waals surface area contributed by atoms with E-state index in [9.17, 15) is 9.90 Å². The summed E-state index contributed by atoms with van der Waals surface area (Å²) in [5.74, 6) is 1.88. The molecule has 2 aliphatic heterocycles. The molecule has 204 valence electrons. The van der Waals surface area contributed by atoms with Crippen molar-refractivity contribution in [2.24, 2.45) is 5.41 Å². The Kier molecular flexibility index (Phi) is 7.39. The third-order valence-corrected chi connectivity index (χ3v) is 8.37. The number of piperidine rings is 1. The molecular formula is C33H37ClN2O3. The number of fused-ring (bicyclic) bond motifs is 1. The number of nitrogens with zero attached hydrogens (tertiary/aromatic N) is 1. The van der Waals surface area contributed by atoms with Crippen LogP contribution in [0, 0.1) is 12.3 Å². The topological polar surface area (TPSA) is 61.8 Å². The molecule has 39 heavy (non-hydrogen) atoms. The minimum atomic E-state index is -0.0848. The van der Waals surface area contributed by atoms with E-state index in [0.717, 1.165) is 66.4 Å². The van der Waals surface area contributed by atoms with E-state index in [-0.39, 0.29) is 17.4 Å². The maximum Gasteiger partial charge on any atom is 0.195 e. The number of nitrogens with one attached hydrogen (secondary N) is 1. The van der Waals surface area contributed by atoms with E-state index in [1.54, 1.807) is 12.1 Å². The molecular weight excluding hydrogens is 508 g/mol. The summed E-state index contributed by atoms with van der Waals surface area (Å²) in [5.41, 5.74) is 7.74. The first-order valence-corrected chi connectivity index (χ1v) is 14.0. The smallest absolute Gasteiger partial charge is 0.195 e. The fraction of sp³-hybridized carbons (Fsp3) is 0.364. The Labute approximate surface area is 236 Å². The van der Waals surface area contributed by atoms with Gasteiger partial charge in [-0.3, -0.25) is 4.79 Å². The van der Waals surface area contributed by atoms with Crippen molar-refractivity contribution in [1.82, 2.24) is 4.90 Å². The number of benzene rings is 3. The minimum absolute atomic E-state index is 0.0522. The zero-order chi connectivity index (χ0) is 27.9. The van der Waals surface area contributed by atoms with Crippen molar-refractivity contribution in [3.63, 3.8) is 0 Å². The number of ether oxygens (including phenoxy) is 1. The number of aromatic hydroxyl groups is 1. The first kappa shape index (κ1) is 27.1. The number of phenols is 1. The largest absolute Gasteiger partial charge is 0.507 e. The van der Waals surface area contributed by atoms with Crippen LogP contribution in [0.2, 0.25) is 5.02 Å². The Hall–Kier alpha value is -3.44. The van der Waals surface area contributed by atoms with Crippen LogP contribution in [0.3, 0.4) is 0 Å². The highest BCUT2D eigenvalue weighted by atomic mass is 35.5. The van der Waals surface area contributed by atoms with Gasteiger partial charge in [0.2, 0.25) is 0 Å². The lowest BCUT2D eigenvalue weighted by Gasteiger charge is -2.40. The van der Waals surface area contributed by atoms with Crippen molar-refractivity contribution in [3.05, 3.63) is 87.3 Å². The van der Waals surface area contributed by atoms with E-state index in [1.165, 1.54) is 22.8 Å². The summed E-state index contributed by atoms with van der Waals surface area (Å²) >= 11 is 6.68. The Morgan fingerprint density at radius 2 is 1.85 bits per heavy atom. The molecule has 0 amide bonds. The van der Waals surface area contributed by atoms with Gasteiger partial charge in [0.25, 0.3) is 0 Å². The number of hydrogen-bond acceptors (Lipinski definition) is 5. The average molecular weight is 545 g/mol. The number of hydrogen-bond donors (Lipinski definition) is 2. The third-order valence-electron chi connectivity index (χ3n) is 8.06. The standard InChI is InChI=1S/C33H37ClN2O3/c1-20-15-24-17-21(2)32(36-13-11-33(4,5)12-14-36)39-31(24)26(16-20)22(3)35-28-8-6-7-27(34)30(28)23-9-10-29(38)25(18-23)19-37/h6-10,15-16,18-19,22,35,38H,11-14,17H2,1-5H3/t22-/m1/s1. The number of likely N-dealkylation sites (tertiary alicyclic amines) is 1. The quantitative estimate of drug-likeness (QED) is 0.306. The number of phenolic OH excluding ortho intramolecular Hbond substituents is 1. The van der Waals surface area contributed by atoms with E-state index < -0.39 is 0 Å². The fourth-order valence-corrected chi connectivity index (χ4v) is 5.99. The van der Waals surface area contributed by atoms with Crippen molar-refractivity contribution >= 4 is 23.6 Å². The lowest BCUT2D eigenvalue weighted by Crippen LogP contribution is -2.39. The molecule has 1 saturated heterocycles. The molecule has 2 heterocycles. The van der Waals surface area contributed by atoms with Gasteiger partial charge in [0, 0.05) is 36.3 Å². The van der Waals surface area contributed by atoms with Gasteiger partial charge in [-0.25, -0.2) is 0 Å². The molecule has 3 aromatic carbocycles. The minimum Gasteiger partial charge on any atom is -0.507 e. The van der Waals surface area contributed by atoms with Crippen LogP contribution < -0.4 is 10.1 Å². The first-order valence-electron chi connectivity index (χ1n) is 13.7. The molecule has 0 aromatic heterocycles. The number of aryl methyl sites for hydroxylation is 1. The van der Waals surface area contributed by atoms with Crippen molar-refractivity contribution in [3.8, 4) is 22.6 Å². The van der Waals surface area contributed by atoms with Gasteiger partial charge in [0.15, 0.2) is 12.2 Å². The summed E-state index contributed by atoms with van der Waals surface area (Å²) in [6, 6.07) is 15.0. The monoisotopic (exact) mass is 544 g/mol. The summed E-state index contributed by atoms with van der Waals surface area (Å²) in [5, 5.41) is 14.2. The van der Waals surface area contributed by atoms with E-state index >= 15 is 0 Å². The number of carbonyl (C=O) groups is 1. The van der Waals surface area contributed by atoms with Crippen LogP contribution in [0.15, 0.2) is 60.0 Å². The Morgan fingerprint density at radius 1 is 1.10 bits per heavy atom. The Morgan fingerprint density at radius 3 is 2.56 bits per heavy atom. The van der Waals surface area contributed by atoms with Crippen LogP contribution in [0.1, 0.15) is 73.6 Å². The molecule has 0 spiro atoms. The SMILES string of the molecule is CC1=C(N2CCC(C)(C)CC2)Oc2c(cc(C)cc2[C@@H](C)Nc2cccc(Cl)c2-c2ccc(O)c(C=O)c2)C1. The molecule has 0 saturated carbocycles. The van der Waals surface area contributed by atoms with E-state index in [4.69, 9.17) is 16.3 Å². The lowest BCUT2D eigenvalue weighted by atomic mass is 9.82. The molecule has 3 aromatic rings. The summed E-state index contributed by atoms with van der Waals surface area (Å²) in [7, 11) is 0. The van der Waals surface area contributed by atoms with Crippen molar-refractivity contribution < 1.29 is 14.6 Å². The van der Waals surface area contributed by atoms with Gasteiger partial charge in [-0.2, -0.15) is 0 Å². The van der Waals surface area contributed by atoms with Crippen LogP contribution in [0.25, 0.3) is 11.1 Å². The summed E-state index contributed by atoms with van der Waals surface area (Å²) in [6.45, 7) is 13.1. The van der Waals surface area contributed by atoms with Crippen LogP contribution in [0.5, 0.6) is 11.5 Å². The second-order valence-electron chi connectivity index (χ2n) is 11.8. The van der Waals surface area contributed by atoms with Crippen LogP contribution in [0.4, 0.5) is 5.69 Å². The predicted octanol–water partition coefficient (Wildman–Crippen LogP) is 8.30. The molecule has 0 unspecified atom stereocenters. The molecule has 5 nitrogen and oxygen atoms in total. The number of halogens is 1. The van der Waals surface area contributed by atoms with Crippen LogP contribution in [-0.2, 0) is 6.42 Å². The molecule has 6 heteroatoms. The highest BCUT2D eigenvalue weighted by Gasteiger charge is 2.31. The second-order valence-corrected chi connectivity index (χ2v) is 12.2. The van der Waals surface area contributed by atoms with E-state index in [1.807, 2.05) is 18.2 Å². The lowest BCUT2D eigenvalue weighted by molar-refractivity contribution is 0.112. The van der Waals surface area contributed by atoms with Gasteiger partial charge < -0.3 is 20.1 Å². The van der Waals surface area contributed by atoms with E-state index in [2.05, 4.69) is 57.0 Å². The summed E-state index contributed by atoms with van der Waals surface area (Å²) in [4.78, 5) is 13.9. The summed E-state index contributed by atoms with van der Waals surface area (Å²) < 4.78 is 6.75. The molecule has 2 N–H and O–H groups in total. The highest BCUT2D eigenvalue weighted by molar-refractivity contribution is 6.34. The van der Waals surface area contributed by atoms with Gasteiger partial charge in [-0.1, -0.05) is 55.3 Å². The molecule has 0 aliphatic carbocycles. The van der Waals surface area contributed by atoms with Crippen molar-refractivity contribution in [2.75, 3.05) is 18.4 Å². The van der Waals surface area contributed by atoms with Crippen molar-refractivity contribution in [2.45, 2.75) is 59.9 Å². The van der Waals surface area contributed by atoms with Gasteiger partial charge in [-0.15, -0.1) is 0 Å². The third kappa shape index (κ3) is 5.51. The highest BCUT2D eigenvalue weighted by Crippen LogP contribution is 2.43. The molecule has 0 radical (unpaired) electrons. The van der Waals surface area contributed by atoms with Crippen LogP contribution >= 0.6 is 11.6 Å². The molecule has 1 fully saturated rings. The van der Waals surface area contributed by atoms with Crippen LogP contribution in [-0.4, -0.2) is 29.4 Å². The predicted molar refractivity (Wildman–Crippen MR) is 159 cm³/mol. The second kappa shape index (κ2) is 10.6. The number of carbonyl (C=O) groups excluding carboxylic acids is 1. The fourth-order valence-electron chi connectivity index (χ4n) is 5.70. The summed E-state index contributed by atoms with van der Waals surface area (Å²) in [6.07, 6.45) is 3.83. The zero-order valence-corrected chi connectivity index (χ0v) is 24.2. The zero-order valence-electron chi connectivity index (χ0n) is 23.4. The molecule has 0 bridgehead atoms. The Balaban J connectivity index is 1.47. The van der Waals surface area contributed by atoms with Gasteiger partial charge in [0.05, 0.1) is 16.6 Å². The number of aldehydes is 1. The molecule has 5 rings (SSSR count). The van der Waals surface area contributed by atoms with Gasteiger partial charge in [0.1, 0.15) is 11.5 Å².